The molecule has 0 saturated carbocycles. The summed E-state index contributed by atoms with van der Waals surface area (Å²) >= 11 is 6.31. The van der Waals surface area contributed by atoms with E-state index in [9.17, 15) is 0 Å². The van der Waals surface area contributed by atoms with Gasteiger partial charge >= 0.3 is 0 Å². The predicted molar refractivity (Wildman–Crippen MR) is 109 cm³/mol. The van der Waals surface area contributed by atoms with Crippen molar-refractivity contribution in [3.05, 3.63) is 53.6 Å². The summed E-state index contributed by atoms with van der Waals surface area (Å²) in [5, 5.41) is 4.34. The second kappa shape index (κ2) is 8.83. The van der Waals surface area contributed by atoms with E-state index in [0.29, 0.717) is 6.61 Å². The van der Waals surface area contributed by atoms with E-state index in [1.807, 2.05) is 42.5 Å². The number of hydrogen-bond donors (Lipinski definition) is 1. The maximum Gasteiger partial charge on any atom is 0.161 e. The number of benzene rings is 2. The minimum Gasteiger partial charge on any atom is -0.486 e. The topological polar surface area (TPSA) is 37.0 Å². The summed E-state index contributed by atoms with van der Waals surface area (Å²) in [4.78, 5) is 4.87. The maximum absolute atomic E-state index is 6.31. The number of para-hydroxylation sites is 3. The first kappa shape index (κ1) is 18.4. The van der Waals surface area contributed by atoms with Crippen molar-refractivity contribution in [3.63, 3.8) is 0 Å². The summed E-state index contributed by atoms with van der Waals surface area (Å²) in [6.45, 7) is 7.54. The van der Waals surface area contributed by atoms with Gasteiger partial charge in [0.25, 0.3) is 0 Å². The number of ether oxygens (including phenoxy) is 2. The van der Waals surface area contributed by atoms with Gasteiger partial charge in [-0.1, -0.05) is 35.9 Å². The Balaban J connectivity index is 1.15. The molecule has 1 saturated heterocycles. The van der Waals surface area contributed by atoms with Crippen LogP contribution in [0.15, 0.2) is 48.5 Å². The molecule has 1 unspecified atom stereocenters. The molecular weight excluding hydrogens is 362 g/mol. The monoisotopic (exact) mass is 387 g/mol. The standard InChI is InChI=1S/C21H26ClN3O2/c22-18-5-1-2-6-19(18)25-13-11-24(12-14-25)10-9-23-15-17-16-26-20-7-3-4-8-21(20)27-17/h1-8,17,23H,9-16H2. The third kappa shape index (κ3) is 4.67. The Morgan fingerprint density at radius 2 is 1.70 bits per heavy atom. The Kier molecular flexibility index (Phi) is 6.02. The lowest BCUT2D eigenvalue weighted by Crippen LogP contribution is -2.49. The van der Waals surface area contributed by atoms with Crippen LogP contribution in [0.25, 0.3) is 0 Å². The van der Waals surface area contributed by atoms with Crippen molar-refractivity contribution in [3.8, 4) is 11.5 Å². The number of fused-ring (bicyclic) bond motifs is 1. The van der Waals surface area contributed by atoms with Gasteiger partial charge in [-0.25, -0.2) is 0 Å². The molecule has 1 N–H and O–H groups in total. The SMILES string of the molecule is Clc1ccccc1N1CCN(CCNCC2COc3ccccc3O2)CC1. The average Bonchev–Trinajstić information content (AvgIpc) is 2.72. The van der Waals surface area contributed by atoms with E-state index in [1.165, 1.54) is 0 Å². The summed E-state index contributed by atoms with van der Waals surface area (Å²) in [7, 11) is 0. The van der Waals surface area contributed by atoms with Crippen molar-refractivity contribution in [1.29, 1.82) is 0 Å². The molecule has 4 rings (SSSR count). The Bertz CT molecular complexity index is 750. The smallest absolute Gasteiger partial charge is 0.161 e. The zero-order valence-corrected chi connectivity index (χ0v) is 16.2. The highest BCUT2D eigenvalue weighted by molar-refractivity contribution is 6.33. The van der Waals surface area contributed by atoms with E-state index in [4.69, 9.17) is 21.1 Å². The quantitative estimate of drug-likeness (QED) is 0.771. The molecule has 2 aromatic rings. The van der Waals surface area contributed by atoms with E-state index in [2.05, 4.69) is 21.2 Å². The lowest BCUT2D eigenvalue weighted by Gasteiger charge is -2.36. The fourth-order valence-electron chi connectivity index (χ4n) is 3.58. The van der Waals surface area contributed by atoms with Gasteiger partial charge in [0.2, 0.25) is 0 Å². The third-order valence-corrected chi connectivity index (χ3v) is 5.43. The first-order chi connectivity index (χ1) is 13.3. The highest BCUT2D eigenvalue weighted by atomic mass is 35.5. The van der Waals surface area contributed by atoms with Crippen LogP contribution in [0.3, 0.4) is 0 Å². The molecule has 1 fully saturated rings. The predicted octanol–water partition coefficient (Wildman–Crippen LogP) is 2.89. The largest absolute Gasteiger partial charge is 0.486 e. The van der Waals surface area contributed by atoms with Gasteiger partial charge in [-0.2, -0.15) is 0 Å². The van der Waals surface area contributed by atoms with E-state index in [0.717, 1.165) is 68.0 Å². The number of piperazine rings is 1. The second-order valence-corrected chi connectivity index (χ2v) is 7.39. The number of anilines is 1. The molecule has 2 aliphatic heterocycles. The van der Waals surface area contributed by atoms with Crippen molar-refractivity contribution in [1.82, 2.24) is 10.2 Å². The first-order valence-electron chi connectivity index (χ1n) is 9.60. The number of hydrogen-bond acceptors (Lipinski definition) is 5. The molecule has 144 valence electrons. The highest BCUT2D eigenvalue weighted by Crippen LogP contribution is 2.30. The van der Waals surface area contributed by atoms with E-state index in [1.54, 1.807) is 0 Å². The molecule has 1 atom stereocenters. The molecule has 5 nitrogen and oxygen atoms in total. The molecule has 0 amide bonds. The van der Waals surface area contributed by atoms with Crippen LogP contribution in [0.2, 0.25) is 5.02 Å². The Labute approximate surface area is 165 Å². The van der Waals surface area contributed by atoms with Crippen molar-refractivity contribution in [2.24, 2.45) is 0 Å². The van der Waals surface area contributed by atoms with E-state index in [-0.39, 0.29) is 6.10 Å². The van der Waals surface area contributed by atoms with Crippen molar-refractivity contribution in [2.75, 3.05) is 57.3 Å². The summed E-state index contributed by atoms with van der Waals surface area (Å²) in [5.74, 6) is 1.68. The fraction of sp³-hybridized carbons (Fsp3) is 0.429. The molecular formula is C21H26ClN3O2. The molecule has 2 heterocycles. The van der Waals surface area contributed by atoms with Gasteiger partial charge in [0.05, 0.1) is 10.7 Å². The number of rotatable bonds is 6. The number of nitrogens with zero attached hydrogens (tertiary/aromatic N) is 2. The molecule has 0 aliphatic carbocycles. The normalized spacial score (nSPS) is 19.9. The molecule has 6 heteroatoms. The van der Waals surface area contributed by atoms with Crippen LogP contribution in [0, 0.1) is 0 Å². The molecule has 27 heavy (non-hydrogen) atoms. The van der Waals surface area contributed by atoms with Crippen LogP contribution >= 0.6 is 11.6 Å². The zero-order chi connectivity index (χ0) is 18.5. The number of halogens is 1. The summed E-state index contributed by atoms with van der Waals surface area (Å²) in [6, 6.07) is 15.9. The molecule has 0 radical (unpaired) electrons. The van der Waals surface area contributed by atoms with Crippen LogP contribution in [-0.2, 0) is 0 Å². The zero-order valence-electron chi connectivity index (χ0n) is 15.4. The summed E-state index contributed by atoms with van der Waals surface area (Å²) in [5.41, 5.74) is 1.15. The van der Waals surface area contributed by atoms with Crippen molar-refractivity contribution < 1.29 is 9.47 Å². The minimum absolute atomic E-state index is 0.0666. The highest BCUT2D eigenvalue weighted by Gasteiger charge is 2.21. The van der Waals surface area contributed by atoms with Gasteiger partial charge in [-0.3, -0.25) is 4.90 Å². The lowest BCUT2D eigenvalue weighted by atomic mass is 10.2. The van der Waals surface area contributed by atoms with Crippen LogP contribution in [0.5, 0.6) is 11.5 Å². The molecule has 0 bridgehead atoms. The van der Waals surface area contributed by atoms with Crippen LogP contribution in [0.1, 0.15) is 0 Å². The second-order valence-electron chi connectivity index (χ2n) is 6.98. The Hall–Kier alpha value is -1.95. The van der Waals surface area contributed by atoms with Gasteiger partial charge in [0.1, 0.15) is 12.7 Å². The van der Waals surface area contributed by atoms with Crippen LogP contribution in [-0.4, -0.2) is 63.4 Å². The van der Waals surface area contributed by atoms with Gasteiger partial charge in [-0.05, 0) is 24.3 Å². The first-order valence-corrected chi connectivity index (χ1v) is 9.98. The van der Waals surface area contributed by atoms with E-state index < -0.39 is 0 Å². The average molecular weight is 388 g/mol. The lowest BCUT2D eigenvalue weighted by molar-refractivity contribution is 0.0898. The fourth-order valence-corrected chi connectivity index (χ4v) is 3.84. The van der Waals surface area contributed by atoms with Gasteiger partial charge < -0.3 is 19.7 Å². The van der Waals surface area contributed by atoms with Gasteiger partial charge in [-0.15, -0.1) is 0 Å². The van der Waals surface area contributed by atoms with Crippen LogP contribution in [0.4, 0.5) is 5.69 Å². The summed E-state index contributed by atoms with van der Waals surface area (Å²) in [6.07, 6.45) is 0.0666. The van der Waals surface area contributed by atoms with Crippen molar-refractivity contribution in [2.45, 2.75) is 6.10 Å². The van der Waals surface area contributed by atoms with E-state index >= 15 is 0 Å². The molecule has 2 aliphatic rings. The van der Waals surface area contributed by atoms with Crippen molar-refractivity contribution >= 4 is 17.3 Å². The molecule has 0 aromatic heterocycles. The minimum atomic E-state index is 0.0666. The van der Waals surface area contributed by atoms with Gasteiger partial charge in [0.15, 0.2) is 11.5 Å². The molecule has 2 aromatic carbocycles. The Morgan fingerprint density at radius 3 is 2.52 bits per heavy atom. The maximum atomic E-state index is 6.31. The molecule has 0 spiro atoms. The van der Waals surface area contributed by atoms with Crippen LogP contribution < -0.4 is 19.7 Å². The third-order valence-electron chi connectivity index (χ3n) is 5.11. The van der Waals surface area contributed by atoms with Gasteiger partial charge in [0, 0.05) is 45.8 Å². The number of nitrogens with one attached hydrogen (secondary N) is 1. The Morgan fingerprint density at radius 1 is 0.963 bits per heavy atom. The summed E-state index contributed by atoms with van der Waals surface area (Å²) < 4.78 is 11.7.